The largest absolute Gasteiger partial charge is 0.490 e. The Morgan fingerprint density at radius 3 is 2.27 bits per heavy atom. The molecule has 0 aliphatic carbocycles. The van der Waals surface area contributed by atoms with Gasteiger partial charge in [-0.05, 0) is 44.2 Å². The molecule has 0 fully saturated rings. The molecule has 3 N–H and O–H groups in total. The van der Waals surface area contributed by atoms with Gasteiger partial charge in [-0.15, -0.1) is 0 Å². The molecule has 0 spiro atoms. The van der Waals surface area contributed by atoms with E-state index < -0.39 is 42.7 Å². The van der Waals surface area contributed by atoms with Crippen LogP contribution >= 0.6 is 0 Å². The number of benzene rings is 2. The van der Waals surface area contributed by atoms with Gasteiger partial charge in [0.25, 0.3) is 17.7 Å². The van der Waals surface area contributed by atoms with Gasteiger partial charge in [-0.1, -0.05) is 12.1 Å². The highest BCUT2D eigenvalue weighted by molar-refractivity contribution is 5.97. The molecule has 11 heteroatoms. The van der Waals surface area contributed by atoms with E-state index in [4.69, 9.17) is 14.2 Å². The second kappa shape index (κ2) is 12.6. The van der Waals surface area contributed by atoms with Crippen molar-refractivity contribution < 1.29 is 37.8 Å². The van der Waals surface area contributed by atoms with Crippen molar-refractivity contribution in [2.75, 3.05) is 26.4 Å². The second-order valence-electron chi connectivity index (χ2n) is 6.35. The molecule has 0 heterocycles. The van der Waals surface area contributed by atoms with E-state index in [1.165, 1.54) is 30.3 Å². The Morgan fingerprint density at radius 2 is 1.58 bits per heavy atom. The first-order valence-electron chi connectivity index (χ1n) is 10.0. The van der Waals surface area contributed by atoms with Crippen LogP contribution in [0.4, 0.5) is 4.39 Å². The number of hydrogen-bond acceptors (Lipinski definition) is 7. The van der Waals surface area contributed by atoms with Gasteiger partial charge in [0.15, 0.2) is 18.1 Å². The molecule has 0 unspecified atom stereocenters. The third-order valence-electron chi connectivity index (χ3n) is 4.00. The zero-order chi connectivity index (χ0) is 24.2. The van der Waals surface area contributed by atoms with E-state index in [-0.39, 0.29) is 11.1 Å². The molecular formula is C22H24FN3O7. The zero-order valence-electron chi connectivity index (χ0n) is 18.1. The lowest BCUT2D eigenvalue weighted by atomic mass is 10.2. The van der Waals surface area contributed by atoms with E-state index in [0.717, 1.165) is 6.07 Å². The quantitative estimate of drug-likeness (QED) is 0.360. The average Bonchev–Trinajstić information content (AvgIpc) is 2.81. The summed E-state index contributed by atoms with van der Waals surface area (Å²) >= 11 is 0. The van der Waals surface area contributed by atoms with Crippen LogP contribution in [-0.4, -0.2) is 50.1 Å². The van der Waals surface area contributed by atoms with Crippen molar-refractivity contribution in [1.29, 1.82) is 0 Å². The fourth-order valence-corrected chi connectivity index (χ4v) is 2.52. The summed E-state index contributed by atoms with van der Waals surface area (Å²) in [6, 6.07) is 9.79. The van der Waals surface area contributed by atoms with Crippen molar-refractivity contribution in [3.8, 4) is 11.5 Å². The first kappa shape index (κ1) is 25.1. The Balaban J connectivity index is 1.76. The fourth-order valence-electron chi connectivity index (χ4n) is 2.52. The average molecular weight is 461 g/mol. The predicted octanol–water partition coefficient (Wildman–Crippen LogP) is 1.36. The summed E-state index contributed by atoms with van der Waals surface area (Å²) < 4.78 is 29.1. The van der Waals surface area contributed by atoms with E-state index in [1.807, 2.05) is 17.8 Å². The molecule has 0 bridgehead atoms. The van der Waals surface area contributed by atoms with Gasteiger partial charge in [-0.25, -0.2) is 4.39 Å². The van der Waals surface area contributed by atoms with Crippen LogP contribution < -0.4 is 25.6 Å². The third-order valence-corrected chi connectivity index (χ3v) is 4.00. The normalized spacial score (nSPS) is 10.0. The maximum absolute atomic E-state index is 13.5. The van der Waals surface area contributed by atoms with E-state index in [0.29, 0.717) is 24.7 Å². The smallest absolute Gasteiger partial charge is 0.325 e. The molecule has 33 heavy (non-hydrogen) atoms. The molecule has 0 aliphatic heterocycles. The van der Waals surface area contributed by atoms with Crippen molar-refractivity contribution in [2.45, 2.75) is 13.8 Å². The highest BCUT2D eigenvalue weighted by Gasteiger charge is 2.15. The molecule has 2 aromatic carbocycles. The Bertz CT molecular complexity index is 1010. The Hall–Kier alpha value is -4.15. The van der Waals surface area contributed by atoms with Crippen molar-refractivity contribution >= 4 is 23.7 Å². The molecule has 0 atom stereocenters. The number of esters is 1. The monoisotopic (exact) mass is 461 g/mol. The number of carbonyl (C=O) groups excluding carboxylic acids is 4. The van der Waals surface area contributed by atoms with Crippen LogP contribution in [0.25, 0.3) is 0 Å². The minimum absolute atomic E-state index is 0.239. The summed E-state index contributed by atoms with van der Waals surface area (Å²) in [4.78, 5) is 47.6. The summed E-state index contributed by atoms with van der Waals surface area (Å²) in [5.41, 5.74) is 3.97. The van der Waals surface area contributed by atoms with E-state index in [2.05, 4.69) is 5.32 Å². The molecule has 0 aromatic heterocycles. The second-order valence-corrected chi connectivity index (χ2v) is 6.35. The van der Waals surface area contributed by atoms with E-state index in [9.17, 15) is 23.6 Å². The zero-order valence-corrected chi connectivity index (χ0v) is 18.1. The number of hydrogen-bond donors (Lipinski definition) is 3. The number of ether oxygens (including phenoxy) is 3. The Labute approximate surface area is 189 Å². The number of halogens is 1. The number of hydrazine groups is 1. The van der Waals surface area contributed by atoms with Crippen LogP contribution in [0.5, 0.6) is 11.5 Å². The number of rotatable bonds is 10. The number of carbonyl (C=O) groups is 4. The van der Waals surface area contributed by atoms with Gasteiger partial charge < -0.3 is 19.5 Å². The predicted molar refractivity (Wildman–Crippen MR) is 114 cm³/mol. The summed E-state index contributed by atoms with van der Waals surface area (Å²) in [7, 11) is 0. The first-order chi connectivity index (χ1) is 15.8. The molecule has 176 valence electrons. The van der Waals surface area contributed by atoms with Crippen LogP contribution in [0, 0.1) is 5.82 Å². The van der Waals surface area contributed by atoms with Gasteiger partial charge in [0.05, 0.1) is 18.8 Å². The molecule has 10 nitrogen and oxygen atoms in total. The molecule has 0 saturated heterocycles. The Morgan fingerprint density at radius 1 is 0.879 bits per heavy atom. The van der Waals surface area contributed by atoms with Crippen molar-refractivity contribution in [2.24, 2.45) is 0 Å². The Kier molecular flexibility index (Phi) is 9.62. The standard InChI is InChI=1S/C22H24FN3O7/c1-3-31-17-10-9-14(11-18(17)32-4-2)21(29)24-12-20(28)33-13-19(27)25-26-22(30)15-7-5-6-8-16(15)23/h5-11H,3-4,12-13H2,1-2H3,(H,24,29)(H,25,27)(H,26,30). The lowest BCUT2D eigenvalue weighted by Crippen LogP contribution is -2.44. The molecule has 0 saturated carbocycles. The van der Waals surface area contributed by atoms with Gasteiger partial charge >= 0.3 is 5.97 Å². The molecule has 2 aromatic rings. The molecule has 2 rings (SSSR count). The van der Waals surface area contributed by atoms with Gasteiger partial charge in [-0.3, -0.25) is 30.0 Å². The minimum atomic E-state index is -0.880. The van der Waals surface area contributed by atoms with E-state index in [1.54, 1.807) is 13.0 Å². The summed E-state index contributed by atoms with van der Waals surface area (Å²) in [5.74, 6) is -3.04. The van der Waals surface area contributed by atoms with Gasteiger partial charge in [0.2, 0.25) is 0 Å². The van der Waals surface area contributed by atoms with Crippen LogP contribution in [0.1, 0.15) is 34.6 Å². The SMILES string of the molecule is CCOc1ccc(C(=O)NCC(=O)OCC(=O)NNC(=O)c2ccccc2F)cc1OCC. The third kappa shape index (κ3) is 7.80. The van der Waals surface area contributed by atoms with Crippen LogP contribution in [0.2, 0.25) is 0 Å². The van der Waals surface area contributed by atoms with Crippen molar-refractivity contribution in [3.05, 3.63) is 59.4 Å². The highest BCUT2D eigenvalue weighted by atomic mass is 19.1. The van der Waals surface area contributed by atoms with Gasteiger partial charge in [0, 0.05) is 5.56 Å². The lowest BCUT2D eigenvalue weighted by molar-refractivity contribution is -0.147. The van der Waals surface area contributed by atoms with Crippen molar-refractivity contribution in [3.63, 3.8) is 0 Å². The highest BCUT2D eigenvalue weighted by Crippen LogP contribution is 2.28. The molecule has 3 amide bonds. The summed E-state index contributed by atoms with van der Waals surface area (Å²) in [6.07, 6.45) is 0. The maximum Gasteiger partial charge on any atom is 0.325 e. The molecular weight excluding hydrogens is 437 g/mol. The lowest BCUT2D eigenvalue weighted by Gasteiger charge is -2.12. The van der Waals surface area contributed by atoms with Crippen LogP contribution in [0.15, 0.2) is 42.5 Å². The topological polar surface area (TPSA) is 132 Å². The summed E-state index contributed by atoms with van der Waals surface area (Å²) in [6.45, 7) is 3.20. The fraction of sp³-hybridized carbons (Fsp3) is 0.273. The first-order valence-corrected chi connectivity index (χ1v) is 10.0. The van der Waals surface area contributed by atoms with Gasteiger partial charge in [0.1, 0.15) is 12.4 Å². The minimum Gasteiger partial charge on any atom is -0.490 e. The maximum atomic E-state index is 13.5. The van der Waals surface area contributed by atoms with Crippen molar-refractivity contribution in [1.82, 2.24) is 16.2 Å². The molecule has 0 aliphatic rings. The number of amides is 3. The van der Waals surface area contributed by atoms with Gasteiger partial charge in [-0.2, -0.15) is 0 Å². The summed E-state index contributed by atoms with van der Waals surface area (Å²) in [5, 5.41) is 2.37. The van der Waals surface area contributed by atoms with Crippen LogP contribution in [-0.2, 0) is 14.3 Å². The van der Waals surface area contributed by atoms with E-state index >= 15 is 0 Å². The number of nitrogens with one attached hydrogen (secondary N) is 3. The molecule has 0 radical (unpaired) electrons. The van der Waals surface area contributed by atoms with Crippen LogP contribution in [0.3, 0.4) is 0 Å².